The Morgan fingerprint density at radius 1 is 1.23 bits per heavy atom. The highest BCUT2D eigenvalue weighted by atomic mass is 19.4. The van der Waals surface area contributed by atoms with Crippen LogP contribution in [0.25, 0.3) is 0 Å². The van der Waals surface area contributed by atoms with E-state index in [9.17, 15) is 18.0 Å². The summed E-state index contributed by atoms with van der Waals surface area (Å²) in [6.07, 6.45) is -4.21. The molecule has 0 aliphatic carbocycles. The second kappa shape index (κ2) is 6.87. The van der Waals surface area contributed by atoms with Crippen LogP contribution in [-0.4, -0.2) is 61.8 Å². The van der Waals surface area contributed by atoms with Crippen molar-refractivity contribution < 1.29 is 22.7 Å². The van der Waals surface area contributed by atoms with E-state index in [2.05, 4.69) is 5.32 Å². The first-order valence-electron chi connectivity index (χ1n) is 6.87. The molecule has 2 rings (SSSR count). The van der Waals surface area contributed by atoms with Gasteiger partial charge in [-0.25, -0.2) is 4.79 Å². The molecule has 1 heterocycles. The number of amides is 2. The predicted molar refractivity (Wildman–Crippen MR) is 76.1 cm³/mol. The zero-order valence-corrected chi connectivity index (χ0v) is 12.2. The number of carbonyl (C=O) groups is 1. The molecule has 1 aromatic carbocycles. The smallest absolute Gasteiger partial charge is 0.401 e. The summed E-state index contributed by atoms with van der Waals surface area (Å²) in [5, 5.41) is 2.72. The highest BCUT2D eigenvalue weighted by Gasteiger charge is 2.32. The minimum atomic E-state index is -4.21. The van der Waals surface area contributed by atoms with Gasteiger partial charge < -0.3 is 15.0 Å². The number of rotatable bonds is 3. The standard InChI is InChI=1S/C14H18F3N3O2/c1-22-12-5-3-2-4-11(12)18-13(21)20-8-6-19(7-9-20)10-14(15,16)17/h2-5H,6-10H2,1H3,(H,18,21). The number of carbonyl (C=O) groups excluding carboxylic acids is 1. The number of nitrogens with zero attached hydrogens (tertiary/aromatic N) is 2. The molecule has 1 aromatic rings. The molecule has 0 unspecified atom stereocenters. The maximum atomic E-state index is 12.3. The third-order valence-corrected chi connectivity index (χ3v) is 3.41. The molecule has 0 saturated carbocycles. The number of nitrogens with one attached hydrogen (secondary N) is 1. The summed E-state index contributed by atoms with van der Waals surface area (Å²) in [7, 11) is 1.50. The lowest BCUT2D eigenvalue weighted by atomic mass is 10.3. The van der Waals surface area contributed by atoms with Crippen molar-refractivity contribution in [1.82, 2.24) is 9.80 Å². The summed E-state index contributed by atoms with van der Waals surface area (Å²) in [5.74, 6) is 0.534. The fourth-order valence-electron chi connectivity index (χ4n) is 2.30. The Morgan fingerprint density at radius 2 is 1.86 bits per heavy atom. The molecule has 0 atom stereocenters. The summed E-state index contributed by atoms with van der Waals surface area (Å²) >= 11 is 0. The SMILES string of the molecule is COc1ccccc1NC(=O)N1CCN(CC(F)(F)F)CC1. The van der Waals surface area contributed by atoms with E-state index in [0.29, 0.717) is 11.4 Å². The minimum Gasteiger partial charge on any atom is -0.495 e. The van der Waals surface area contributed by atoms with Gasteiger partial charge in [0.05, 0.1) is 19.3 Å². The molecule has 2 amide bonds. The van der Waals surface area contributed by atoms with Crippen LogP contribution < -0.4 is 10.1 Å². The van der Waals surface area contributed by atoms with E-state index in [1.165, 1.54) is 16.9 Å². The number of methoxy groups -OCH3 is 1. The number of anilines is 1. The van der Waals surface area contributed by atoms with Crippen molar-refractivity contribution in [2.24, 2.45) is 0 Å². The highest BCUT2D eigenvalue weighted by Crippen LogP contribution is 2.23. The van der Waals surface area contributed by atoms with Crippen molar-refractivity contribution in [1.29, 1.82) is 0 Å². The van der Waals surface area contributed by atoms with Gasteiger partial charge in [-0.1, -0.05) is 12.1 Å². The molecule has 0 aromatic heterocycles. The lowest BCUT2D eigenvalue weighted by Gasteiger charge is -2.34. The van der Waals surface area contributed by atoms with Gasteiger partial charge in [-0.3, -0.25) is 4.90 Å². The van der Waals surface area contributed by atoms with E-state index in [4.69, 9.17) is 4.74 Å². The first-order chi connectivity index (χ1) is 10.4. The molecule has 122 valence electrons. The van der Waals surface area contributed by atoms with Gasteiger partial charge in [0.2, 0.25) is 0 Å². The second-order valence-corrected chi connectivity index (χ2v) is 5.01. The number of benzene rings is 1. The van der Waals surface area contributed by atoms with E-state index >= 15 is 0 Å². The van der Waals surface area contributed by atoms with Crippen LogP contribution in [0.1, 0.15) is 0 Å². The Balaban J connectivity index is 1.87. The van der Waals surface area contributed by atoms with Gasteiger partial charge in [0.25, 0.3) is 0 Å². The first-order valence-corrected chi connectivity index (χ1v) is 6.87. The number of hydrogen-bond acceptors (Lipinski definition) is 3. The fourth-order valence-corrected chi connectivity index (χ4v) is 2.30. The van der Waals surface area contributed by atoms with Crippen LogP contribution in [0.3, 0.4) is 0 Å². The van der Waals surface area contributed by atoms with E-state index in [-0.39, 0.29) is 32.2 Å². The largest absolute Gasteiger partial charge is 0.495 e. The highest BCUT2D eigenvalue weighted by molar-refractivity contribution is 5.91. The van der Waals surface area contributed by atoms with E-state index in [1.54, 1.807) is 24.3 Å². The maximum absolute atomic E-state index is 12.3. The number of hydrogen-bond donors (Lipinski definition) is 1. The molecule has 22 heavy (non-hydrogen) atoms. The van der Waals surface area contributed by atoms with Crippen LogP contribution in [0.2, 0.25) is 0 Å². The molecule has 1 N–H and O–H groups in total. The normalized spacial score (nSPS) is 16.5. The lowest BCUT2D eigenvalue weighted by molar-refractivity contribution is -0.148. The Bertz CT molecular complexity index is 514. The Labute approximate surface area is 126 Å². The van der Waals surface area contributed by atoms with Crippen molar-refractivity contribution in [3.63, 3.8) is 0 Å². The summed E-state index contributed by atoms with van der Waals surface area (Å²) in [6.45, 7) is 0.000795. The molecule has 1 aliphatic rings. The number of halogens is 3. The third kappa shape index (κ3) is 4.52. The lowest BCUT2D eigenvalue weighted by Crippen LogP contribution is -2.51. The average molecular weight is 317 g/mol. The van der Waals surface area contributed by atoms with Crippen LogP contribution in [0.15, 0.2) is 24.3 Å². The van der Waals surface area contributed by atoms with Gasteiger partial charge in [-0.15, -0.1) is 0 Å². The van der Waals surface area contributed by atoms with Crippen molar-refractivity contribution in [3.8, 4) is 5.75 Å². The Kier molecular flexibility index (Phi) is 5.12. The molecule has 1 saturated heterocycles. The monoisotopic (exact) mass is 317 g/mol. The number of alkyl halides is 3. The van der Waals surface area contributed by atoms with E-state index < -0.39 is 12.7 Å². The van der Waals surface area contributed by atoms with Gasteiger partial charge in [-0.05, 0) is 12.1 Å². The van der Waals surface area contributed by atoms with Crippen LogP contribution >= 0.6 is 0 Å². The first kappa shape index (κ1) is 16.4. The summed E-state index contributed by atoms with van der Waals surface area (Å²) in [4.78, 5) is 14.9. The van der Waals surface area contributed by atoms with Gasteiger partial charge in [-0.2, -0.15) is 13.2 Å². The molecule has 8 heteroatoms. The molecular formula is C14H18F3N3O2. The second-order valence-electron chi connectivity index (χ2n) is 5.01. The molecule has 0 bridgehead atoms. The Morgan fingerprint density at radius 3 is 2.45 bits per heavy atom. The van der Waals surface area contributed by atoms with E-state index in [0.717, 1.165) is 0 Å². The zero-order valence-electron chi connectivity index (χ0n) is 12.2. The topological polar surface area (TPSA) is 44.8 Å². The van der Waals surface area contributed by atoms with Gasteiger partial charge in [0, 0.05) is 26.2 Å². The number of piperazine rings is 1. The van der Waals surface area contributed by atoms with Crippen molar-refractivity contribution in [2.75, 3.05) is 45.2 Å². The number of urea groups is 1. The quantitative estimate of drug-likeness (QED) is 0.931. The molecule has 0 radical (unpaired) electrons. The van der Waals surface area contributed by atoms with Crippen molar-refractivity contribution in [2.45, 2.75) is 6.18 Å². The van der Waals surface area contributed by atoms with Crippen molar-refractivity contribution >= 4 is 11.7 Å². The van der Waals surface area contributed by atoms with Crippen LogP contribution in [0, 0.1) is 0 Å². The van der Waals surface area contributed by atoms with Crippen LogP contribution in [0.5, 0.6) is 5.75 Å². The van der Waals surface area contributed by atoms with E-state index in [1.807, 2.05) is 0 Å². The number of para-hydroxylation sites is 2. The van der Waals surface area contributed by atoms with Crippen LogP contribution in [0.4, 0.5) is 23.7 Å². The molecular weight excluding hydrogens is 299 g/mol. The fraction of sp³-hybridized carbons (Fsp3) is 0.500. The summed E-state index contributed by atoms with van der Waals surface area (Å²) in [6, 6.07) is 6.63. The molecule has 1 aliphatic heterocycles. The summed E-state index contributed by atoms with van der Waals surface area (Å²) in [5.41, 5.74) is 0.535. The molecule has 0 spiro atoms. The van der Waals surface area contributed by atoms with Gasteiger partial charge in [0.1, 0.15) is 5.75 Å². The minimum absolute atomic E-state index is 0.207. The summed E-state index contributed by atoms with van der Waals surface area (Å²) < 4.78 is 42.1. The van der Waals surface area contributed by atoms with Gasteiger partial charge >= 0.3 is 12.2 Å². The van der Waals surface area contributed by atoms with Gasteiger partial charge in [0.15, 0.2) is 0 Å². The molecule has 1 fully saturated rings. The Hall–Kier alpha value is -1.96. The predicted octanol–water partition coefficient (Wildman–Crippen LogP) is 2.41. The zero-order chi connectivity index (χ0) is 16.2. The average Bonchev–Trinajstić information content (AvgIpc) is 2.47. The third-order valence-electron chi connectivity index (χ3n) is 3.41. The maximum Gasteiger partial charge on any atom is 0.401 e. The molecule has 5 nitrogen and oxygen atoms in total. The van der Waals surface area contributed by atoms with Crippen molar-refractivity contribution in [3.05, 3.63) is 24.3 Å². The van der Waals surface area contributed by atoms with Crippen LogP contribution in [-0.2, 0) is 0 Å². The number of ether oxygens (including phenoxy) is 1.